The van der Waals surface area contributed by atoms with Gasteiger partial charge < -0.3 is 14.4 Å². The van der Waals surface area contributed by atoms with E-state index < -0.39 is 0 Å². The van der Waals surface area contributed by atoms with Crippen LogP contribution in [0.5, 0.6) is 17.2 Å². The van der Waals surface area contributed by atoms with Crippen LogP contribution < -0.4 is 9.47 Å². The van der Waals surface area contributed by atoms with Crippen molar-refractivity contribution in [3.8, 4) is 17.2 Å². The molecule has 1 fully saturated rings. The zero-order valence-electron chi connectivity index (χ0n) is 14.3. The van der Waals surface area contributed by atoms with E-state index >= 15 is 0 Å². The normalized spacial score (nSPS) is 23.7. The summed E-state index contributed by atoms with van der Waals surface area (Å²) in [5.41, 5.74) is 3.62. The van der Waals surface area contributed by atoms with E-state index in [1.165, 1.54) is 16.7 Å². The fourth-order valence-electron chi connectivity index (χ4n) is 4.69. The van der Waals surface area contributed by atoms with Gasteiger partial charge in [-0.25, -0.2) is 0 Å². The SMILES string of the molecule is COc1ccc2c3c1Oc1ccccc1[C@H]3C[C@@H]1CCCC(=O)N1C2. The van der Waals surface area contributed by atoms with Crippen LogP contribution in [-0.4, -0.2) is 24.0 Å². The van der Waals surface area contributed by atoms with Crippen molar-refractivity contribution >= 4 is 5.91 Å². The van der Waals surface area contributed by atoms with Crippen LogP contribution in [-0.2, 0) is 11.3 Å². The highest BCUT2D eigenvalue weighted by Crippen LogP contribution is 2.53. The molecule has 5 rings (SSSR count). The maximum absolute atomic E-state index is 12.5. The number of rotatable bonds is 1. The van der Waals surface area contributed by atoms with Crippen molar-refractivity contribution in [2.45, 2.75) is 44.2 Å². The zero-order chi connectivity index (χ0) is 17.0. The second-order valence-electron chi connectivity index (χ2n) is 7.17. The van der Waals surface area contributed by atoms with E-state index in [0.29, 0.717) is 19.0 Å². The van der Waals surface area contributed by atoms with E-state index in [9.17, 15) is 4.79 Å². The van der Waals surface area contributed by atoms with Gasteiger partial charge in [-0.3, -0.25) is 4.79 Å². The third kappa shape index (κ3) is 2.16. The quantitative estimate of drug-likeness (QED) is 0.783. The second kappa shape index (κ2) is 5.51. The summed E-state index contributed by atoms with van der Waals surface area (Å²) < 4.78 is 11.8. The van der Waals surface area contributed by atoms with Crippen molar-refractivity contribution in [2.75, 3.05) is 7.11 Å². The minimum atomic E-state index is 0.256. The van der Waals surface area contributed by atoms with Crippen LogP contribution in [0.25, 0.3) is 0 Å². The van der Waals surface area contributed by atoms with Crippen molar-refractivity contribution in [2.24, 2.45) is 0 Å². The van der Waals surface area contributed by atoms with Gasteiger partial charge in [-0.1, -0.05) is 24.3 Å². The molecule has 3 aliphatic rings. The van der Waals surface area contributed by atoms with E-state index in [0.717, 1.165) is 36.5 Å². The van der Waals surface area contributed by atoms with E-state index in [4.69, 9.17) is 9.47 Å². The summed E-state index contributed by atoms with van der Waals surface area (Å²) in [4.78, 5) is 14.6. The molecule has 128 valence electrons. The molecule has 0 N–H and O–H groups in total. The maximum Gasteiger partial charge on any atom is 0.223 e. The van der Waals surface area contributed by atoms with Gasteiger partial charge in [-0.15, -0.1) is 0 Å². The summed E-state index contributed by atoms with van der Waals surface area (Å²) in [5.74, 6) is 3.05. The Morgan fingerprint density at radius 2 is 2.08 bits per heavy atom. The predicted molar refractivity (Wildman–Crippen MR) is 94.2 cm³/mol. The smallest absolute Gasteiger partial charge is 0.223 e. The van der Waals surface area contributed by atoms with Crippen molar-refractivity contribution in [1.82, 2.24) is 4.90 Å². The lowest BCUT2D eigenvalue weighted by molar-refractivity contribution is -0.137. The van der Waals surface area contributed by atoms with Gasteiger partial charge in [0.05, 0.1) is 7.11 Å². The fraction of sp³-hybridized carbons (Fsp3) is 0.381. The zero-order valence-corrected chi connectivity index (χ0v) is 14.3. The highest BCUT2D eigenvalue weighted by Gasteiger charge is 2.40. The maximum atomic E-state index is 12.5. The van der Waals surface area contributed by atoms with Gasteiger partial charge in [0.2, 0.25) is 5.91 Å². The molecular formula is C21H21NO3. The van der Waals surface area contributed by atoms with Gasteiger partial charge in [-0.05, 0) is 37.0 Å². The molecule has 0 radical (unpaired) electrons. The number of fused-ring (bicyclic) bond motifs is 3. The number of nitrogens with zero attached hydrogens (tertiary/aromatic N) is 1. The molecule has 0 aliphatic carbocycles. The molecule has 2 atom stereocenters. The molecule has 2 aromatic rings. The van der Waals surface area contributed by atoms with Crippen molar-refractivity contribution < 1.29 is 14.3 Å². The number of carbonyl (C=O) groups is 1. The minimum Gasteiger partial charge on any atom is -0.493 e. The Morgan fingerprint density at radius 1 is 1.20 bits per heavy atom. The number of carbonyl (C=O) groups excluding carboxylic acids is 1. The van der Waals surface area contributed by atoms with Crippen LogP contribution >= 0.6 is 0 Å². The van der Waals surface area contributed by atoms with E-state index in [1.807, 2.05) is 18.2 Å². The highest BCUT2D eigenvalue weighted by molar-refractivity contribution is 5.78. The molecule has 4 heteroatoms. The Morgan fingerprint density at radius 3 is 2.96 bits per heavy atom. The third-order valence-electron chi connectivity index (χ3n) is 5.86. The molecular weight excluding hydrogens is 314 g/mol. The topological polar surface area (TPSA) is 38.8 Å². The van der Waals surface area contributed by atoms with Crippen molar-refractivity contribution in [3.63, 3.8) is 0 Å². The van der Waals surface area contributed by atoms with Gasteiger partial charge >= 0.3 is 0 Å². The Hall–Kier alpha value is -2.49. The summed E-state index contributed by atoms with van der Waals surface area (Å²) in [5, 5.41) is 0. The fourth-order valence-corrected chi connectivity index (χ4v) is 4.69. The summed E-state index contributed by atoms with van der Waals surface area (Å²) in [6.45, 7) is 0.678. The molecule has 0 aromatic heterocycles. The first-order valence-corrected chi connectivity index (χ1v) is 9.02. The molecule has 3 aliphatic heterocycles. The van der Waals surface area contributed by atoms with Gasteiger partial charge in [0.15, 0.2) is 11.5 Å². The number of hydrogen-bond acceptors (Lipinski definition) is 3. The van der Waals surface area contributed by atoms with E-state index in [1.54, 1.807) is 7.11 Å². The van der Waals surface area contributed by atoms with Gasteiger partial charge in [0.1, 0.15) is 5.75 Å². The number of ether oxygens (including phenoxy) is 2. The Labute approximate surface area is 147 Å². The minimum absolute atomic E-state index is 0.256. The molecule has 3 heterocycles. The molecule has 0 bridgehead atoms. The third-order valence-corrected chi connectivity index (χ3v) is 5.86. The monoisotopic (exact) mass is 335 g/mol. The van der Waals surface area contributed by atoms with Crippen molar-refractivity contribution in [1.29, 1.82) is 0 Å². The average Bonchev–Trinajstić information content (AvgIpc) is 2.81. The number of hydrogen-bond donors (Lipinski definition) is 0. The molecule has 2 aromatic carbocycles. The van der Waals surface area contributed by atoms with Crippen LogP contribution in [0.15, 0.2) is 36.4 Å². The predicted octanol–water partition coefficient (Wildman–Crippen LogP) is 4.22. The summed E-state index contributed by atoms with van der Waals surface area (Å²) in [6, 6.07) is 12.6. The number of benzene rings is 2. The lowest BCUT2D eigenvalue weighted by atomic mass is 9.81. The molecule has 4 nitrogen and oxygen atoms in total. The molecule has 0 unspecified atom stereocenters. The number of methoxy groups -OCH3 is 1. The molecule has 0 spiro atoms. The average molecular weight is 335 g/mol. The van der Waals surface area contributed by atoms with Crippen molar-refractivity contribution in [3.05, 3.63) is 53.1 Å². The van der Waals surface area contributed by atoms with Crippen LogP contribution in [0.4, 0.5) is 0 Å². The molecule has 25 heavy (non-hydrogen) atoms. The van der Waals surface area contributed by atoms with Crippen LogP contribution in [0.3, 0.4) is 0 Å². The first-order chi connectivity index (χ1) is 12.3. The molecule has 1 saturated heterocycles. The number of amides is 1. The van der Waals surface area contributed by atoms with E-state index in [2.05, 4.69) is 23.1 Å². The molecule has 1 amide bonds. The number of piperidine rings is 1. The van der Waals surface area contributed by atoms with Gasteiger partial charge in [-0.2, -0.15) is 0 Å². The molecule has 0 saturated carbocycles. The summed E-state index contributed by atoms with van der Waals surface area (Å²) in [7, 11) is 1.68. The standard InChI is InChI=1S/C21H21NO3/c1-24-18-10-9-13-12-22-14(5-4-8-19(22)23)11-16-15-6-2-3-7-17(15)25-21(18)20(13)16/h2-3,6-7,9-10,14,16H,4-5,8,11-12H2,1H3/t14-,16+/m0/s1. The Kier molecular flexibility index (Phi) is 3.27. The van der Waals surface area contributed by atoms with Crippen LogP contribution in [0.1, 0.15) is 48.3 Å². The second-order valence-corrected chi connectivity index (χ2v) is 7.17. The Bertz CT molecular complexity index is 860. The number of para-hydroxylation sites is 1. The summed E-state index contributed by atoms with van der Waals surface area (Å²) in [6.07, 6.45) is 3.72. The largest absolute Gasteiger partial charge is 0.493 e. The Balaban J connectivity index is 1.72. The lowest BCUT2D eigenvalue weighted by Gasteiger charge is -2.35. The first-order valence-electron chi connectivity index (χ1n) is 9.02. The van der Waals surface area contributed by atoms with Crippen LogP contribution in [0, 0.1) is 0 Å². The van der Waals surface area contributed by atoms with E-state index in [-0.39, 0.29) is 11.8 Å². The van der Waals surface area contributed by atoms with Gasteiger partial charge in [0, 0.05) is 36.1 Å². The summed E-state index contributed by atoms with van der Waals surface area (Å²) >= 11 is 0. The lowest BCUT2D eigenvalue weighted by Crippen LogP contribution is -2.42. The highest BCUT2D eigenvalue weighted by atomic mass is 16.5. The van der Waals surface area contributed by atoms with Crippen LogP contribution in [0.2, 0.25) is 0 Å². The first kappa shape index (κ1) is 14.8. The van der Waals surface area contributed by atoms with Gasteiger partial charge in [0.25, 0.3) is 0 Å².